The zero-order valence-electron chi connectivity index (χ0n) is 17.1. The zero-order valence-corrected chi connectivity index (χ0v) is 18.7. The maximum atomic E-state index is 13.5. The lowest BCUT2D eigenvalue weighted by Gasteiger charge is -2.33. The predicted octanol–water partition coefficient (Wildman–Crippen LogP) is 4.52. The van der Waals surface area contributed by atoms with Crippen LogP contribution in [0.3, 0.4) is 0 Å². The maximum Gasteiger partial charge on any atom is 0.280 e. The summed E-state index contributed by atoms with van der Waals surface area (Å²) in [4.78, 5) is 29.2. The Kier molecular flexibility index (Phi) is 6.14. The van der Waals surface area contributed by atoms with E-state index >= 15 is 0 Å². The van der Waals surface area contributed by atoms with E-state index in [2.05, 4.69) is 14.9 Å². The zero-order chi connectivity index (χ0) is 21.2. The fourth-order valence-corrected chi connectivity index (χ4v) is 4.37. The molecule has 3 rings (SSSR count). The molecule has 152 valence electrons. The van der Waals surface area contributed by atoms with Crippen LogP contribution in [0.5, 0.6) is 0 Å². The second-order valence-corrected chi connectivity index (χ2v) is 9.47. The second kappa shape index (κ2) is 8.42. The van der Waals surface area contributed by atoms with E-state index in [1.807, 2.05) is 70.3 Å². The van der Waals surface area contributed by atoms with E-state index in [1.165, 1.54) is 16.2 Å². The van der Waals surface area contributed by atoms with Crippen molar-refractivity contribution >= 4 is 40.4 Å². The number of aryl methyl sites for hydroxylation is 2. The number of carbonyl (C=O) groups excluding carboxylic acids is 2. The predicted molar refractivity (Wildman–Crippen MR) is 118 cm³/mol. The molecule has 3 aromatic rings. The average Bonchev–Trinajstić information content (AvgIpc) is 3.30. The van der Waals surface area contributed by atoms with Crippen LogP contribution < -0.4 is 10.2 Å². The van der Waals surface area contributed by atoms with Gasteiger partial charge in [-0.2, -0.15) is 0 Å². The van der Waals surface area contributed by atoms with Gasteiger partial charge in [-0.3, -0.25) is 14.5 Å². The van der Waals surface area contributed by atoms with Gasteiger partial charge in [0.2, 0.25) is 5.91 Å². The first kappa shape index (κ1) is 21.1. The van der Waals surface area contributed by atoms with E-state index in [0.29, 0.717) is 5.69 Å². The summed E-state index contributed by atoms with van der Waals surface area (Å²) in [5.74, 6) is -0.593. The van der Waals surface area contributed by atoms with Crippen LogP contribution in [0.4, 0.5) is 5.69 Å². The Morgan fingerprint density at radius 3 is 2.31 bits per heavy atom. The molecule has 2 heterocycles. The van der Waals surface area contributed by atoms with Crippen molar-refractivity contribution in [1.29, 1.82) is 0 Å². The third kappa shape index (κ3) is 4.89. The Labute approximate surface area is 178 Å². The molecule has 29 heavy (non-hydrogen) atoms. The minimum absolute atomic E-state index is 0.221. The second-order valence-electron chi connectivity index (χ2n) is 7.91. The number of carbonyl (C=O) groups is 2. The van der Waals surface area contributed by atoms with Crippen molar-refractivity contribution < 1.29 is 9.59 Å². The number of anilines is 1. The monoisotopic (exact) mass is 428 g/mol. The Morgan fingerprint density at radius 2 is 1.79 bits per heavy atom. The lowest BCUT2D eigenvalue weighted by Crippen LogP contribution is -2.49. The van der Waals surface area contributed by atoms with Crippen molar-refractivity contribution in [3.63, 3.8) is 0 Å². The Hall–Kier alpha value is -2.58. The third-order valence-electron chi connectivity index (χ3n) is 4.26. The summed E-state index contributed by atoms with van der Waals surface area (Å²) in [6.45, 7) is 9.70. The van der Waals surface area contributed by atoms with Gasteiger partial charge in [0.15, 0.2) is 11.7 Å². The number of hydrogen-bond donors (Lipinski definition) is 1. The number of amides is 2. The van der Waals surface area contributed by atoms with E-state index in [1.54, 1.807) is 5.38 Å². The van der Waals surface area contributed by atoms with Gasteiger partial charge in [0, 0.05) is 21.5 Å². The number of hydrogen-bond acceptors (Lipinski definition) is 6. The number of nitrogens with one attached hydrogen (secondary N) is 1. The molecule has 0 aliphatic heterocycles. The van der Waals surface area contributed by atoms with Crippen molar-refractivity contribution in [3.8, 4) is 0 Å². The molecule has 0 aliphatic rings. The van der Waals surface area contributed by atoms with Crippen LogP contribution in [-0.4, -0.2) is 26.9 Å². The SMILES string of the molecule is Cc1ccc(N(C(=O)c2csnn2)C(C(=O)NC(C)(C)C)c2sccc2C)cc1. The third-order valence-corrected chi connectivity index (χ3v) is 5.84. The minimum atomic E-state index is -0.814. The number of nitrogens with zero attached hydrogens (tertiary/aromatic N) is 3. The summed E-state index contributed by atoms with van der Waals surface area (Å²) in [5, 5.41) is 10.5. The first-order valence-electron chi connectivity index (χ1n) is 9.20. The Bertz CT molecular complexity index is 989. The van der Waals surface area contributed by atoms with E-state index in [9.17, 15) is 9.59 Å². The molecule has 0 radical (unpaired) electrons. The molecule has 8 heteroatoms. The molecular formula is C21H24N4O2S2. The van der Waals surface area contributed by atoms with Crippen LogP contribution in [0.15, 0.2) is 41.1 Å². The van der Waals surface area contributed by atoms with Gasteiger partial charge in [-0.15, -0.1) is 16.4 Å². The van der Waals surface area contributed by atoms with Crippen molar-refractivity contribution in [2.45, 2.75) is 46.2 Å². The number of thiophene rings is 1. The van der Waals surface area contributed by atoms with Gasteiger partial charge in [-0.25, -0.2) is 0 Å². The normalized spacial score (nSPS) is 12.4. The fraction of sp³-hybridized carbons (Fsp3) is 0.333. The molecule has 1 unspecified atom stereocenters. The van der Waals surface area contributed by atoms with Gasteiger partial charge in [-0.05, 0) is 75.3 Å². The smallest absolute Gasteiger partial charge is 0.280 e. The summed E-state index contributed by atoms with van der Waals surface area (Å²) in [6.07, 6.45) is 0. The molecule has 0 aliphatic carbocycles. The quantitative estimate of drug-likeness (QED) is 0.648. The molecular weight excluding hydrogens is 404 g/mol. The largest absolute Gasteiger partial charge is 0.349 e. The van der Waals surface area contributed by atoms with Crippen LogP contribution in [0.2, 0.25) is 0 Å². The lowest BCUT2D eigenvalue weighted by molar-refractivity contribution is -0.123. The highest BCUT2D eigenvalue weighted by molar-refractivity contribution is 7.10. The van der Waals surface area contributed by atoms with Crippen molar-refractivity contribution in [3.05, 3.63) is 62.8 Å². The minimum Gasteiger partial charge on any atom is -0.349 e. The summed E-state index contributed by atoms with van der Waals surface area (Å²) >= 11 is 2.57. The summed E-state index contributed by atoms with van der Waals surface area (Å²) in [5.41, 5.74) is 2.45. The van der Waals surface area contributed by atoms with Gasteiger partial charge >= 0.3 is 0 Å². The van der Waals surface area contributed by atoms with Gasteiger partial charge in [0.25, 0.3) is 5.91 Å². The molecule has 1 aromatic carbocycles. The van der Waals surface area contributed by atoms with E-state index in [-0.39, 0.29) is 17.5 Å². The van der Waals surface area contributed by atoms with Crippen LogP contribution in [-0.2, 0) is 4.79 Å². The molecule has 0 spiro atoms. The van der Waals surface area contributed by atoms with Crippen LogP contribution in [0.25, 0.3) is 0 Å². The number of aromatic nitrogens is 2. The molecule has 1 N–H and O–H groups in total. The van der Waals surface area contributed by atoms with Gasteiger partial charge in [0.05, 0.1) is 0 Å². The topological polar surface area (TPSA) is 75.2 Å². The molecule has 0 saturated heterocycles. The lowest BCUT2D eigenvalue weighted by atomic mass is 10.0. The van der Waals surface area contributed by atoms with Gasteiger partial charge in [-0.1, -0.05) is 22.2 Å². The van der Waals surface area contributed by atoms with Crippen LogP contribution in [0, 0.1) is 13.8 Å². The van der Waals surface area contributed by atoms with Crippen LogP contribution >= 0.6 is 22.9 Å². The molecule has 0 bridgehead atoms. The maximum absolute atomic E-state index is 13.5. The molecule has 2 aromatic heterocycles. The summed E-state index contributed by atoms with van der Waals surface area (Å²) in [6, 6.07) is 8.70. The van der Waals surface area contributed by atoms with Gasteiger partial charge < -0.3 is 5.32 Å². The molecule has 0 fully saturated rings. The highest BCUT2D eigenvalue weighted by Gasteiger charge is 2.37. The number of rotatable bonds is 5. The van der Waals surface area contributed by atoms with Crippen molar-refractivity contribution in [2.75, 3.05) is 4.90 Å². The van der Waals surface area contributed by atoms with Crippen molar-refractivity contribution in [2.24, 2.45) is 0 Å². The molecule has 0 saturated carbocycles. The fourth-order valence-electron chi connectivity index (χ4n) is 2.93. The Balaban J connectivity index is 2.16. The van der Waals surface area contributed by atoms with E-state index < -0.39 is 11.6 Å². The Morgan fingerprint density at radius 1 is 1.10 bits per heavy atom. The van der Waals surface area contributed by atoms with E-state index in [4.69, 9.17) is 0 Å². The standard InChI is InChI=1S/C21H24N4O2S2/c1-13-6-8-15(9-7-13)25(20(27)16-12-29-24-23-16)17(18-14(2)10-11-28-18)19(26)22-21(3,4)5/h6-12,17H,1-5H3,(H,22,26). The van der Waals surface area contributed by atoms with E-state index in [0.717, 1.165) is 27.5 Å². The van der Waals surface area contributed by atoms with Crippen molar-refractivity contribution in [1.82, 2.24) is 14.9 Å². The highest BCUT2D eigenvalue weighted by Crippen LogP contribution is 2.34. The average molecular weight is 429 g/mol. The molecule has 2 amide bonds. The summed E-state index contributed by atoms with van der Waals surface area (Å²) < 4.78 is 3.82. The number of benzene rings is 1. The highest BCUT2D eigenvalue weighted by atomic mass is 32.1. The molecule has 1 atom stereocenters. The molecule has 6 nitrogen and oxygen atoms in total. The van der Waals surface area contributed by atoms with Crippen LogP contribution in [0.1, 0.15) is 53.3 Å². The first-order valence-corrected chi connectivity index (χ1v) is 10.9. The van der Waals surface area contributed by atoms with Gasteiger partial charge in [0.1, 0.15) is 0 Å². The first-order chi connectivity index (χ1) is 13.7. The summed E-state index contributed by atoms with van der Waals surface area (Å²) in [7, 11) is 0.